The van der Waals surface area contributed by atoms with Crippen molar-refractivity contribution in [1.82, 2.24) is 0 Å². The van der Waals surface area contributed by atoms with Gasteiger partial charge in [-0.05, 0) is 28.9 Å². The van der Waals surface area contributed by atoms with E-state index in [1.165, 1.54) is 11.3 Å². The summed E-state index contributed by atoms with van der Waals surface area (Å²) in [5, 5.41) is 0. The summed E-state index contributed by atoms with van der Waals surface area (Å²) in [6, 6.07) is 1.95. The van der Waals surface area contributed by atoms with Crippen molar-refractivity contribution < 1.29 is 4.79 Å². The Balaban J connectivity index is 2.87. The van der Waals surface area contributed by atoms with Crippen molar-refractivity contribution in [3.63, 3.8) is 0 Å². The van der Waals surface area contributed by atoms with Crippen molar-refractivity contribution in [3.8, 4) is 0 Å². The number of Topliss-reactive ketones (excluding diaryl/α,β-unsaturated/α-hetero) is 1. The van der Waals surface area contributed by atoms with Crippen LogP contribution in [0.4, 0.5) is 0 Å². The predicted octanol–water partition coefficient (Wildman–Crippen LogP) is 3.63. The zero-order valence-corrected chi connectivity index (χ0v) is 9.72. The number of alkyl halides is 1. The first-order valence-electron chi connectivity index (χ1n) is 3.50. The highest BCUT2D eigenvalue weighted by molar-refractivity contribution is 9.10. The summed E-state index contributed by atoms with van der Waals surface area (Å²) < 4.78 is 0.889. The van der Waals surface area contributed by atoms with Crippen LogP contribution in [-0.2, 0) is 0 Å². The van der Waals surface area contributed by atoms with Gasteiger partial charge in [0, 0.05) is 21.7 Å². The van der Waals surface area contributed by atoms with Gasteiger partial charge in [0.2, 0.25) is 0 Å². The Morgan fingerprint density at radius 1 is 1.75 bits per heavy atom. The van der Waals surface area contributed by atoms with E-state index < -0.39 is 0 Å². The number of thiophene rings is 1. The average Bonchev–Trinajstić information content (AvgIpc) is 2.30. The highest BCUT2D eigenvalue weighted by atomic mass is 79.9. The molecule has 0 bridgehead atoms. The van der Waals surface area contributed by atoms with Crippen molar-refractivity contribution in [3.05, 3.63) is 20.3 Å². The molecule has 0 saturated heterocycles. The van der Waals surface area contributed by atoms with Gasteiger partial charge in [0.25, 0.3) is 0 Å². The topological polar surface area (TPSA) is 17.1 Å². The quantitative estimate of drug-likeness (QED) is 0.604. The number of ketones is 1. The van der Waals surface area contributed by atoms with Crippen LogP contribution in [0.2, 0.25) is 0 Å². The Labute approximate surface area is 88.9 Å². The van der Waals surface area contributed by atoms with E-state index in [4.69, 9.17) is 11.6 Å². The fraction of sp³-hybridized carbons (Fsp3) is 0.375. The maximum Gasteiger partial charge on any atom is 0.175 e. The Hall–Kier alpha value is 0.140. The van der Waals surface area contributed by atoms with Crippen LogP contribution < -0.4 is 0 Å². The number of hydrogen-bond acceptors (Lipinski definition) is 2. The van der Waals surface area contributed by atoms with Gasteiger partial charge in [-0.2, -0.15) is 0 Å². The third-order valence-corrected chi connectivity index (χ3v) is 3.55. The fourth-order valence-electron chi connectivity index (χ4n) is 0.873. The zero-order valence-electron chi connectivity index (χ0n) is 6.56. The zero-order chi connectivity index (χ0) is 9.14. The van der Waals surface area contributed by atoms with Crippen molar-refractivity contribution in [2.75, 3.05) is 5.88 Å². The highest BCUT2D eigenvalue weighted by Gasteiger charge is 2.11. The van der Waals surface area contributed by atoms with Gasteiger partial charge in [-0.3, -0.25) is 4.79 Å². The molecule has 0 unspecified atom stereocenters. The first-order valence-corrected chi connectivity index (χ1v) is 5.64. The van der Waals surface area contributed by atoms with Crippen LogP contribution in [0, 0.1) is 6.92 Å². The van der Waals surface area contributed by atoms with E-state index in [-0.39, 0.29) is 5.78 Å². The summed E-state index contributed by atoms with van der Waals surface area (Å²) in [5.74, 6) is 0.511. The number of hydrogen-bond donors (Lipinski definition) is 0. The molecule has 0 fully saturated rings. The lowest BCUT2D eigenvalue weighted by Gasteiger charge is -1.93. The lowest BCUT2D eigenvalue weighted by Crippen LogP contribution is -1.96. The lowest BCUT2D eigenvalue weighted by atomic mass is 10.2. The molecule has 1 heterocycles. The lowest BCUT2D eigenvalue weighted by molar-refractivity contribution is 0.0992. The number of aryl methyl sites for hydroxylation is 1. The fourth-order valence-corrected chi connectivity index (χ4v) is 2.87. The van der Waals surface area contributed by atoms with E-state index >= 15 is 0 Å². The van der Waals surface area contributed by atoms with Crippen molar-refractivity contribution >= 4 is 44.7 Å². The molecular weight excluding hydrogens is 260 g/mol. The van der Waals surface area contributed by atoms with Crippen LogP contribution in [-0.4, -0.2) is 11.7 Å². The molecule has 0 radical (unpaired) electrons. The molecule has 0 spiro atoms. The first kappa shape index (κ1) is 10.2. The second-order valence-corrected chi connectivity index (χ2v) is 4.88. The SMILES string of the molecule is Cc1cc(Br)c(C(=O)CCCl)s1. The van der Waals surface area contributed by atoms with Gasteiger partial charge >= 0.3 is 0 Å². The van der Waals surface area contributed by atoms with Crippen LogP contribution >= 0.6 is 38.9 Å². The number of carbonyl (C=O) groups excluding carboxylic acids is 1. The molecule has 0 aliphatic rings. The largest absolute Gasteiger partial charge is 0.293 e. The second kappa shape index (κ2) is 4.40. The molecule has 0 aromatic carbocycles. The minimum atomic E-state index is 0.120. The minimum Gasteiger partial charge on any atom is -0.293 e. The van der Waals surface area contributed by atoms with Crippen LogP contribution in [0.15, 0.2) is 10.5 Å². The summed E-state index contributed by atoms with van der Waals surface area (Å²) in [6.07, 6.45) is 0.417. The first-order chi connectivity index (χ1) is 5.65. The highest BCUT2D eigenvalue weighted by Crippen LogP contribution is 2.27. The smallest absolute Gasteiger partial charge is 0.175 e. The molecule has 0 amide bonds. The number of carbonyl (C=O) groups is 1. The summed E-state index contributed by atoms with van der Waals surface area (Å²) in [5.41, 5.74) is 0. The summed E-state index contributed by atoms with van der Waals surface area (Å²) in [4.78, 5) is 13.3. The summed E-state index contributed by atoms with van der Waals surface area (Å²) in [6.45, 7) is 1.98. The van der Waals surface area contributed by atoms with Gasteiger partial charge in [0.1, 0.15) is 0 Å². The van der Waals surface area contributed by atoms with Crippen LogP contribution in [0.3, 0.4) is 0 Å². The van der Waals surface area contributed by atoms with E-state index in [2.05, 4.69) is 15.9 Å². The van der Waals surface area contributed by atoms with E-state index in [1.54, 1.807) is 0 Å². The predicted molar refractivity (Wildman–Crippen MR) is 56.4 cm³/mol. The second-order valence-electron chi connectivity index (χ2n) is 2.40. The van der Waals surface area contributed by atoms with Gasteiger partial charge in [-0.1, -0.05) is 0 Å². The molecule has 0 aliphatic heterocycles. The number of rotatable bonds is 3. The Bertz CT molecular complexity index is 295. The minimum absolute atomic E-state index is 0.120. The van der Waals surface area contributed by atoms with Gasteiger partial charge < -0.3 is 0 Å². The van der Waals surface area contributed by atoms with Gasteiger partial charge in [0.05, 0.1) is 4.88 Å². The third kappa shape index (κ3) is 2.31. The van der Waals surface area contributed by atoms with E-state index in [9.17, 15) is 4.79 Å². The molecule has 0 N–H and O–H groups in total. The molecule has 0 atom stereocenters. The maximum atomic E-state index is 11.4. The molecule has 1 aromatic heterocycles. The molecule has 1 aromatic rings. The monoisotopic (exact) mass is 266 g/mol. The van der Waals surface area contributed by atoms with Crippen molar-refractivity contribution in [2.45, 2.75) is 13.3 Å². The van der Waals surface area contributed by atoms with Gasteiger partial charge in [0.15, 0.2) is 5.78 Å². The molecule has 12 heavy (non-hydrogen) atoms. The number of halogens is 2. The summed E-state index contributed by atoms with van der Waals surface area (Å²) >= 11 is 10.3. The normalized spacial score (nSPS) is 10.2. The Kier molecular flexibility index (Phi) is 3.75. The third-order valence-electron chi connectivity index (χ3n) is 1.38. The van der Waals surface area contributed by atoms with E-state index in [1.807, 2.05) is 13.0 Å². The molecule has 66 valence electrons. The molecule has 0 aliphatic carbocycles. The van der Waals surface area contributed by atoms with Gasteiger partial charge in [-0.25, -0.2) is 0 Å². The standard InChI is InChI=1S/C8H8BrClOS/c1-5-4-6(9)8(12-5)7(11)2-3-10/h4H,2-3H2,1H3. The van der Waals surface area contributed by atoms with E-state index in [0.29, 0.717) is 12.3 Å². The molecule has 1 nitrogen and oxygen atoms in total. The van der Waals surface area contributed by atoms with Crippen molar-refractivity contribution in [1.29, 1.82) is 0 Å². The Morgan fingerprint density at radius 3 is 2.83 bits per heavy atom. The molecule has 1 rings (SSSR count). The molecular formula is C8H8BrClOS. The summed E-state index contributed by atoms with van der Waals surface area (Å²) in [7, 11) is 0. The molecule has 4 heteroatoms. The van der Waals surface area contributed by atoms with E-state index in [0.717, 1.165) is 14.2 Å². The average molecular weight is 268 g/mol. The molecule has 0 saturated carbocycles. The van der Waals surface area contributed by atoms with Crippen LogP contribution in [0.25, 0.3) is 0 Å². The maximum absolute atomic E-state index is 11.4. The van der Waals surface area contributed by atoms with Crippen molar-refractivity contribution in [2.24, 2.45) is 0 Å². The van der Waals surface area contributed by atoms with Gasteiger partial charge in [-0.15, -0.1) is 22.9 Å². The van der Waals surface area contributed by atoms with Crippen LogP contribution in [0.1, 0.15) is 21.0 Å². The Morgan fingerprint density at radius 2 is 2.42 bits per heavy atom. The van der Waals surface area contributed by atoms with Crippen LogP contribution in [0.5, 0.6) is 0 Å².